The average molecular weight is 284 g/mol. The van der Waals surface area contributed by atoms with Crippen LogP contribution in [0.1, 0.15) is 38.3 Å². The van der Waals surface area contributed by atoms with Gasteiger partial charge >= 0.3 is 0 Å². The van der Waals surface area contributed by atoms with Gasteiger partial charge in [0.2, 0.25) is 5.91 Å². The highest BCUT2D eigenvalue weighted by molar-refractivity contribution is 7.99. The van der Waals surface area contributed by atoms with Crippen LogP contribution >= 0.6 is 23.4 Å². The van der Waals surface area contributed by atoms with Gasteiger partial charge in [0.1, 0.15) is 0 Å². The van der Waals surface area contributed by atoms with Gasteiger partial charge in [0.05, 0.1) is 6.04 Å². The fourth-order valence-corrected chi connectivity index (χ4v) is 3.30. The molecule has 0 bridgehead atoms. The van der Waals surface area contributed by atoms with Crippen molar-refractivity contribution in [1.29, 1.82) is 0 Å². The summed E-state index contributed by atoms with van der Waals surface area (Å²) in [7, 11) is 0. The highest BCUT2D eigenvalue weighted by atomic mass is 35.5. The Morgan fingerprint density at radius 1 is 1.61 bits per heavy atom. The lowest BCUT2D eigenvalue weighted by Gasteiger charge is -2.27. The van der Waals surface area contributed by atoms with Crippen molar-refractivity contribution in [2.45, 2.75) is 37.6 Å². The number of carbonyl (C=O) groups excluding carboxylic acids is 1. The molecule has 0 aromatic heterocycles. The molecule has 98 valence electrons. The second kappa shape index (κ2) is 5.98. The van der Waals surface area contributed by atoms with Crippen molar-refractivity contribution in [3.05, 3.63) is 28.8 Å². The topological polar surface area (TPSA) is 29.1 Å². The van der Waals surface area contributed by atoms with E-state index in [1.807, 2.05) is 43.8 Å². The summed E-state index contributed by atoms with van der Waals surface area (Å²) in [5.41, 5.74) is 1.16. The molecule has 1 aromatic carbocycles. The summed E-state index contributed by atoms with van der Waals surface area (Å²) in [6.07, 6.45) is 1.84. The van der Waals surface area contributed by atoms with E-state index >= 15 is 0 Å². The number of amides is 1. The molecule has 0 spiro atoms. The summed E-state index contributed by atoms with van der Waals surface area (Å²) >= 11 is 7.88. The van der Waals surface area contributed by atoms with Crippen molar-refractivity contribution < 1.29 is 4.79 Å². The van der Waals surface area contributed by atoms with E-state index in [-0.39, 0.29) is 17.9 Å². The Kier molecular flexibility index (Phi) is 4.57. The first kappa shape index (κ1) is 13.8. The van der Waals surface area contributed by atoms with Gasteiger partial charge < -0.3 is 5.32 Å². The van der Waals surface area contributed by atoms with E-state index in [4.69, 9.17) is 11.6 Å². The lowest BCUT2D eigenvalue weighted by atomic mass is 10.0. The summed E-state index contributed by atoms with van der Waals surface area (Å²) < 4.78 is 0. The van der Waals surface area contributed by atoms with Crippen molar-refractivity contribution in [3.8, 4) is 0 Å². The molecular formula is C14H18ClNOS. The maximum Gasteiger partial charge on any atom is 0.223 e. The first-order valence-corrected chi connectivity index (χ1v) is 7.70. The molecule has 1 aliphatic rings. The van der Waals surface area contributed by atoms with Gasteiger partial charge in [-0.1, -0.05) is 25.4 Å². The molecule has 1 heterocycles. The highest BCUT2D eigenvalue weighted by Crippen LogP contribution is 2.37. The molecule has 2 rings (SSSR count). The van der Waals surface area contributed by atoms with Crippen molar-refractivity contribution in [2.24, 2.45) is 5.92 Å². The predicted molar refractivity (Wildman–Crippen MR) is 77.1 cm³/mol. The van der Waals surface area contributed by atoms with Gasteiger partial charge in [0.15, 0.2) is 0 Å². The zero-order chi connectivity index (χ0) is 13.1. The third-order valence-corrected chi connectivity index (χ3v) is 4.75. The minimum atomic E-state index is 0.0715. The van der Waals surface area contributed by atoms with Crippen LogP contribution in [0.3, 0.4) is 0 Å². The van der Waals surface area contributed by atoms with Gasteiger partial charge in [0, 0.05) is 21.6 Å². The number of benzene rings is 1. The van der Waals surface area contributed by atoms with Gasteiger partial charge in [-0.3, -0.25) is 4.79 Å². The first-order valence-electron chi connectivity index (χ1n) is 6.34. The van der Waals surface area contributed by atoms with E-state index in [0.29, 0.717) is 0 Å². The molecule has 1 aliphatic heterocycles. The molecule has 0 fully saturated rings. The van der Waals surface area contributed by atoms with Crippen LogP contribution in [-0.2, 0) is 4.79 Å². The molecule has 18 heavy (non-hydrogen) atoms. The third-order valence-electron chi connectivity index (χ3n) is 3.39. The minimum Gasteiger partial charge on any atom is -0.349 e. The minimum absolute atomic E-state index is 0.0715. The SMILES string of the molecule is CCC(C)C(=O)NC1CCSc2ccc(Cl)cc21. The van der Waals surface area contributed by atoms with E-state index in [2.05, 4.69) is 5.32 Å². The van der Waals surface area contributed by atoms with E-state index in [1.54, 1.807) is 0 Å². The number of hydrogen-bond acceptors (Lipinski definition) is 2. The van der Waals surface area contributed by atoms with Crippen LogP contribution in [0.2, 0.25) is 5.02 Å². The Labute approximate surface area is 117 Å². The molecule has 0 aliphatic carbocycles. The quantitative estimate of drug-likeness (QED) is 0.907. The largest absolute Gasteiger partial charge is 0.349 e. The molecule has 1 N–H and O–H groups in total. The van der Waals surface area contributed by atoms with Crippen molar-refractivity contribution >= 4 is 29.3 Å². The Morgan fingerprint density at radius 3 is 3.11 bits per heavy atom. The summed E-state index contributed by atoms with van der Waals surface area (Å²) in [5.74, 6) is 1.25. The van der Waals surface area contributed by atoms with Gasteiger partial charge in [-0.2, -0.15) is 0 Å². The summed E-state index contributed by atoms with van der Waals surface area (Å²) in [6, 6.07) is 6.04. The Balaban J connectivity index is 2.17. The summed E-state index contributed by atoms with van der Waals surface area (Å²) in [6.45, 7) is 4.00. The van der Waals surface area contributed by atoms with Crippen molar-refractivity contribution in [2.75, 3.05) is 5.75 Å². The molecular weight excluding hydrogens is 266 g/mol. The van der Waals surface area contributed by atoms with Gasteiger partial charge in [-0.05, 0) is 36.6 Å². The second-order valence-electron chi connectivity index (χ2n) is 4.69. The lowest BCUT2D eigenvalue weighted by molar-refractivity contribution is -0.125. The van der Waals surface area contributed by atoms with Crippen LogP contribution in [-0.4, -0.2) is 11.7 Å². The normalized spacial score (nSPS) is 20.1. The summed E-state index contributed by atoms with van der Waals surface area (Å²) in [4.78, 5) is 13.2. The number of halogens is 1. The number of nitrogens with one attached hydrogen (secondary N) is 1. The van der Waals surface area contributed by atoms with Crippen LogP contribution in [0.5, 0.6) is 0 Å². The van der Waals surface area contributed by atoms with Crippen LogP contribution in [0.25, 0.3) is 0 Å². The molecule has 0 saturated heterocycles. The standard InChI is InChI=1S/C14H18ClNOS/c1-3-9(2)14(17)16-12-6-7-18-13-5-4-10(15)8-11(12)13/h4-5,8-9,12H,3,6-7H2,1-2H3,(H,16,17). The Bertz CT molecular complexity index is 449. The highest BCUT2D eigenvalue weighted by Gasteiger charge is 2.23. The van der Waals surface area contributed by atoms with E-state index in [9.17, 15) is 4.79 Å². The van der Waals surface area contributed by atoms with Gasteiger partial charge in [-0.15, -0.1) is 11.8 Å². The Hall–Kier alpha value is -0.670. The van der Waals surface area contributed by atoms with E-state index < -0.39 is 0 Å². The number of fused-ring (bicyclic) bond motifs is 1. The van der Waals surface area contributed by atoms with Crippen LogP contribution in [0.15, 0.2) is 23.1 Å². The van der Waals surface area contributed by atoms with E-state index in [0.717, 1.165) is 29.2 Å². The Morgan fingerprint density at radius 2 is 2.39 bits per heavy atom. The lowest BCUT2D eigenvalue weighted by Crippen LogP contribution is -2.34. The monoisotopic (exact) mass is 283 g/mol. The molecule has 2 nitrogen and oxygen atoms in total. The average Bonchev–Trinajstić information content (AvgIpc) is 2.38. The number of rotatable bonds is 3. The molecule has 1 amide bonds. The van der Waals surface area contributed by atoms with Crippen LogP contribution in [0, 0.1) is 5.92 Å². The van der Waals surface area contributed by atoms with Gasteiger partial charge in [0.25, 0.3) is 0 Å². The second-order valence-corrected chi connectivity index (χ2v) is 6.26. The zero-order valence-corrected chi connectivity index (χ0v) is 12.3. The fourth-order valence-electron chi connectivity index (χ4n) is 2.01. The molecule has 0 saturated carbocycles. The molecule has 2 atom stereocenters. The third kappa shape index (κ3) is 3.01. The van der Waals surface area contributed by atoms with Crippen LogP contribution < -0.4 is 5.32 Å². The zero-order valence-electron chi connectivity index (χ0n) is 10.7. The molecule has 4 heteroatoms. The van der Waals surface area contributed by atoms with Crippen molar-refractivity contribution in [1.82, 2.24) is 5.32 Å². The predicted octanol–water partition coefficient (Wildman–Crippen LogP) is 4.04. The van der Waals surface area contributed by atoms with E-state index in [1.165, 1.54) is 4.90 Å². The number of hydrogen-bond donors (Lipinski definition) is 1. The smallest absolute Gasteiger partial charge is 0.223 e. The maximum absolute atomic E-state index is 12.0. The fraction of sp³-hybridized carbons (Fsp3) is 0.500. The maximum atomic E-state index is 12.0. The summed E-state index contributed by atoms with van der Waals surface area (Å²) in [5, 5.41) is 3.88. The molecule has 0 radical (unpaired) electrons. The first-order chi connectivity index (χ1) is 8.61. The van der Waals surface area contributed by atoms with Crippen molar-refractivity contribution in [3.63, 3.8) is 0 Å². The van der Waals surface area contributed by atoms with Gasteiger partial charge in [-0.25, -0.2) is 0 Å². The van der Waals surface area contributed by atoms with Crippen LogP contribution in [0.4, 0.5) is 0 Å². The number of thioether (sulfide) groups is 1. The molecule has 2 unspecified atom stereocenters. The number of carbonyl (C=O) groups is 1. The molecule has 1 aromatic rings.